The van der Waals surface area contributed by atoms with Crippen molar-refractivity contribution in [2.24, 2.45) is 10.9 Å². The fourth-order valence-electron chi connectivity index (χ4n) is 1.84. The van der Waals surface area contributed by atoms with E-state index in [-0.39, 0.29) is 24.0 Å². The first-order valence-electron chi connectivity index (χ1n) is 7.40. The van der Waals surface area contributed by atoms with Crippen LogP contribution < -0.4 is 15.4 Å². The molecular weight excluding hydrogens is 447 g/mol. The number of rotatable bonds is 9. The van der Waals surface area contributed by atoms with E-state index in [2.05, 4.69) is 44.8 Å². The minimum absolute atomic E-state index is 0. The van der Waals surface area contributed by atoms with E-state index in [4.69, 9.17) is 0 Å². The van der Waals surface area contributed by atoms with Crippen molar-refractivity contribution in [2.45, 2.75) is 20.3 Å². The SMILES string of the molecule is CCNC(=NCC(C)Cc1cccs1)NCCNS(C)(=O)=O.I. The molecule has 0 aliphatic heterocycles. The van der Waals surface area contributed by atoms with Crippen LogP contribution in [0.25, 0.3) is 0 Å². The number of hydrogen-bond donors (Lipinski definition) is 3. The van der Waals surface area contributed by atoms with Crippen molar-refractivity contribution in [3.63, 3.8) is 0 Å². The van der Waals surface area contributed by atoms with Gasteiger partial charge in [0, 0.05) is 31.1 Å². The molecule has 0 aliphatic rings. The summed E-state index contributed by atoms with van der Waals surface area (Å²) in [7, 11) is -3.14. The van der Waals surface area contributed by atoms with Crippen molar-refractivity contribution >= 4 is 51.3 Å². The number of guanidine groups is 1. The topological polar surface area (TPSA) is 82.6 Å². The molecule has 1 unspecified atom stereocenters. The van der Waals surface area contributed by atoms with Gasteiger partial charge in [0.2, 0.25) is 10.0 Å². The van der Waals surface area contributed by atoms with Gasteiger partial charge in [0.05, 0.1) is 6.26 Å². The number of nitrogens with one attached hydrogen (secondary N) is 3. The largest absolute Gasteiger partial charge is 0.357 e. The van der Waals surface area contributed by atoms with Crippen LogP contribution in [0, 0.1) is 5.92 Å². The van der Waals surface area contributed by atoms with E-state index in [0.717, 1.165) is 31.7 Å². The lowest BCUT2D eigenvalue weighted by Crippen LogP contribution is -2.41. The smallest absolute Gasteiger partial charge is 0.208 e. The van der Waals surface area contributed by atoms with Crippen molar-refractivity contribution in [1.82, 2.24) is 15.4 Å². The van der Waals surface area contributed by atoms with E-state index < -0.39 is 10.0 Å². The van der Waals surface area contributed by atoms with Crippen LogP contribution in [0.15, 0.2) is 22.5 Å². The van der Waals surface area contributed by atoms with Gasteiger partial charge >= 0.3 is 0 Å². The molecule has 1 rings (SSSR count). The van der Waals surface area contributed by atoms with E-state index in [1.165, 1.54) is 4.88 Å². The fourth-order valence-corrected chi connectivity index (χ4v) is 3.19. The molecule has 0 amide bonds. The summed E-state index contributed by atoms with van der Waals surface area (Å²) in [5.74, 6) is 1.18. The Morgan fingerprint density at radius 2 is 2.09 bits per heavy atom. The number of hydrogen-bond acceptors (Lipinski definition) is 4. The second-order valence-electron chi connectivity index (χ2n) is 5.20. The number of sulfonamides is 1. The van der Waals surface area contributed by atoms with Gasteiger partial charge in [-0.15, -0.1) is 35.3 Å². The summed E-state index contributed by atoms with van der Waals surface area (Å²) in [6, 6.07) is 4.21. The molecule has 0 radical (unpaired) electrons. The first-order valence-corrected chi connectivity index (χ1v) is 10.2. The third-order valence-electron chi connectivity index (χ3n) is 2.82. The molecule has 0 fully saturated rings. The van der Waals surface area contributed by atoms with Gasteiger partial charge in [-0.2, -0.15) is 0 Å². The van der Waals surface area contributed by atoms with Crippen LogP contribution in [0.1, 0.15) is 18.7 Å². The number of halogens is 1. The van der Waals surface area contributed by atoms with E-state index in [1.807, 2.05) is 6.92 Å². The van der Waals surface area contributed by atoms with Gasteiger partial charge in [-0.3, -0.25) is 4.99 Å². The van der Waals surface area contributed by atoms with Gasteiger partial charge in [-0.25, -0.2) is 13.1 Å². The molecule has 1 atom stereocenters. The number of aliphatic imine (C=N–C) groups is 1. The minimum Gasteiger partial charge on any atom is -0.357 e. The standard InChI is InChI=1S/C14H26N4O2S2.HI/c1-4-15-14(16-7-8-18-22(3,19)20)17-11-12(2)10-13-6-5-9-21-13;/h5-6,9,12,18H,4,7-8,10-11H2,1-3H3,(H2,15,16,17);1H. The summed E-state index contributed by atoms with van der Waals surface area (Å²) >= 11 is 1.77. The molecule has 1 aromatic heterocycles. The highest BCUT2D eigenvalue weighted by atomic mass is 127. The van der Waals surface area contributed by atoms with Crippen molar-refractivity contribution in [3.05, 3.63) is 22.4 Å². The average Bonchev–Trinajstić information content (AvgIpc) is 2.92. The lowest BCUT2D eigenvalue weighted by atomic mass is 10.1. The van der Waals surface area contributed by atoms with Crippen molar-refractivity contribution in [2.75, 3.05) is 32.4 Å². The van der Waals surface area contributed by atoms with Gasteiger partial charge in [-0.1, -0.05) is 13.0 Å². The molecule has 0 saturated carbocycles. The first-order chi connectivity index (χ1) is 10.4. The molecular formula is C14H27IN4O2S2. The molecule has 0 bridgehead atoms. The third kappa shape index (κ3) is 11.7. The molecule has 3 N–H and O–H groups in total. The Bertz CT molecular complexity index is 547. The summed E-state index contributed by atoms with van der Waals surface area (Å²) in [6.07, 6.45) is 2.18. The van der Waals surface area contributed by atoms with E-state index in [1.54, 1.807) is 11.3 Å². The predicted octanol–water partition coefficient (Wildman–Crippen LogP) is 1.65. The second-order valence-corrected chi connectivity index (χ2v) is 8.07. The molecule has 23 heavy (non-hydrogen) atoms. The summed E-state index contributed by atoms with van der Waals surface area (Å²) < 4.78 is 24.4. The average molecular weight is 474 g/mol. The van der Waals surface area contributed by atoms with Gasteiger partial charge in [0.1, 0.15) is 0 Å². The molecule has 6 nitrogen and oxygen atoms in total. The predicted molar refractivity (Wildman–Crippen MR) is 109 cm³/mol. The molecule has 134 valence electrons. The van der Waals surface area contributed by atoms with Crippen LogP contribution >= 0.6 is 35.3 Å². The molecule has 0 spiro atoms. The molecule has 1 heterocycles. The van der Waals surface area contributed by atoms with Crippen LogP contribution in [-0.2, 0) is 16.4 Å². The first kappa shape index (κ1) is 22.6. The summed E-state index contributed by atoms with van der Waals surface area (Å²) in [4.78, 5) is 5.92. The Balaban J connectivity index is 0.00000484. The zero-order chi connectivity index (χ0) is 16.4. The summed E-state index contributed by atoms with van der Waals surface area (Å²) in [5, 5.41) is 8.37. The molecule has 0 aromatic carbocycles. The van der Waals surface area contributed by atoms with Gasteiger partial charge in [0.25, 0.3) is 0 Å². The Morgan fingerprint density at radius 3 is 2.65 bits per heavy atom. The van der Waals surface area contributed by atoms with Crippen molar-refractivity contribution < 1.29 is 8.42 Å². The third-order valence-corrected chi connectivity index (χ3v) is 4.44. The van der Waals surface area contributed by atoms with Crippen LogP contribution in [0.2, 0.25) is 0 Å². The highest BCUT2D eigenvalue weighted by Gasteiger charge is 2.05. The van der Waals surface area contributed by atoms with Crippen LogP contribution in [0.4, 0.5) is 0 Å². The number of nitrogens with zero attached hydrogens (tertiary/aromatic N) is 1. The Kier molecular flexibility index (Phi) is 11.8. The summed E-state index contributed by atoms with van der Waals surface area (Å²) in [6.45, 7) is 6.52. The van der Waals surface area contributed by atoms with Crippen LogP contribution in [0.5, 0.6) is 0 Å². The monoisotopic (exact) mass is 474 g/mol. The quantitative estimate of drug-likeness (QED) is 0.220. The zero-order valence-electron chi connectivity index (χ0n) is 13.8. The Hall–Kier alpha value is -0.390. The summed E-state index contributed by atoms with van der Waals surface area (Å²) in [5.41, 5.74) is 0. The second kappa shape index (κ2) is 12.0. The van der Waals surface area contributed by atoms with Crippen molar-refractivity contribution in [3.8, 4) is 0 Å². The maximum Gasteiger partial charge on any atom is 0.208 e. The van der Waals surface area contributed by atoms with E-state index in [9.17, 15) is 8.42 Å². The lowest BCUT2D eigenvalue weighted by Gasteiger charge is -2.13. The van der Waals surface area contributed by atoms with Gasteiger partial charge < -0.3 is 10.6 Å². The fraction of sp³-hybridized carbons (Fsp3) is 0.643. The maximum absolute atomic E-state index is 11.0. The van der Waals surface area contributed by atoms with E-state index >= 15 is 0 Å². The van der Waals surface area contributed by atoms with E-state index in [0.29, 0.717) is 19.0 Å². The molecule has 0 aliphatic carbocycles. The van der Waals surface area contributed by atoms with Gasteiger partial charge in [0.15, 0.2) is 5.96 Å². The zero-order valence-corrected chi connectivity index (χ0v) is 17.8. The number of thiophene rings is 1. The minimum atomic E-state index is -3.14. The maximum atomic E-state index is 11.0. The molecule has 1 aromatic rings. The highest BCUT2D eigenvalue weighted by Crippen LogP contribution is 2.14. The lowest BCUT2D eigenvalue weighted by molar-refractivity contribution is 0.585. The van der Waals surface area contributed by atoms with Crippen LogP contribution in [-0.4, -0.2) is 46.8 Å². The molecule has 9 heteroatoms. The van der Waals surface area contributed by atoms with Crippen LogP contribution in [0.3, 0.4) is 0 Å². The molecule has 0 saturated heterocycles. The Morgan fingerprint density at radius 1 is 1.35 bits per heavy atom. The highest BCUT2D eigenvalue weighted by molar-refractivity contribution is 14.0. The Labute approximate surface area is 160 Å². The van der Waals surface area contributed by atoms with Crippen molar-refractivity contribution in [1.29, 1.82) is 0 Å². The van der Waals surface area contributed by atoms with Gasteiger partial charge in [-0.05, 0) is 30.7 Å². The normalized spacial score (nSPS) is 13.3.